The second kappa shape index (κ2) is 9.53. The van der Waals surface area contributed by atoms with Crippen molar-refractivity contribution in [3.63, 3.8) is 0 Å². The van der Waals surface area contributed by atoms with Crippen LogP contribution >= 0.6 is 0 Å². The Labute approximate surface area is 190 Å². The van der Waals surface area contributed by atoms with Crippen molar-refractivity contribution >= 4 is 0 Å². The SMILES string of the molecule is C=C1/C(=C\C=C2/CCC[C@]3(C)[C@@H]([C@@H](C)CCCC(C)(C)O)CC[C@@H]23)C[C@@H](O)[C@@H](C)[C@@H]1O. The van der Waals surface area contributed by atoms with E-state index in [1.54, 1.807) is 5.57 Å². The van der Waals surface area contributed by atoms with Gasteiger partial charge in [-0.15, -0.1) is 0 Å². The van der Waals surface area contributed by atoms with Gasteiger partial charge in [-0.3, -0.25) is 0 Å². The second-order valence-electron chi connectivity index (χ2n) is 11.8. The van der Waals surface area contributed by atoms with Crippen LogP contribution in [0.25, 0.3) is 0 Å². The largest absolute Gasteiger partial charge is 0.392 e. The molecule has 31 heavy (non-hydrogen) atoms. The van der Waals surface area contributed by atoms with Crippen LogP contribution in [0.4, 0.5) is 0 Å². The van der Waals surface area contributed by atoms with Crippen LogP contribution in [0.3, 0.4) is 0 Å². The van der Waals surface area contributed by atoms with Crippen LogP contribution in [-0.2, 0) is 0 Å². The molecule has 0 saturated heterocycles. The average Bonchev–Trinajstić information content (AvgIpc) is 3.04. The highest BCUT2D eigenvalue weighted by molar-refractivity contribution is 5.39. The third-order valence-electron chi connectivity index (χ3n) is 8.97. The Kier molecular flexibility index (Phi) is 7.61. The molecule has 0 aromatic carbocycles. The summed E-state index contributed by atoms with van der Waals surface area (Å²) in [5, 5.41) is 30.7. The molecule has 0 unspecified atom stereocenters. The summed E-state index contributed by atoms with van der Waals surface area (Å²) >= 11 is 0. The molecular formula is C28H46O3. The molecule has 176 valence electrons. The normalized spacial score (nSPS) is 40.4. The smallest absolute Gasteiger partial charge is 0.0837 e. The highest BCUT2D eigenvalue weighted by Crippen LogP contribution is 2.60. The second-order valence-corrected chi connectivity index (χ2v) is 11.8. The van der Waals surface area contributed by atoms with Gasteiger partial charge in [0.15, 0.2) is 0 Å². The molecule has 0 spiro atoms. The lowest BCUT2D eigenvalue weighted by molar-refractivity contribution is 0.0283. The zero-order valence-corrected chi connectivity index (χ0v) is 20.5. The lowest BCUT2D eigenvalue weighted by atomic mass is 9.60. The van der Waals surface area contributed by atoms with E-state index in [4.69, 9.17) is 0 Å². The predicted molar refractivity (Wildman–Crippen MR) is 129 cm³/mol. The van der Waals surface area contributed by atoms with Crippen LogP contribution in [0.5, 0.6) is 0 Å². The van der Waals surface area contributed by atoms with Gasteiger partial charge in [0.25, 0.3) is 0 Å². The van der Waals surface area contributed by atoms with Crippen molar-refractivity contribution in [2.24, 2.45) is 29.1 Å². The summed E-state index contributed by atoms with van der Waals surface area (Å²) in [6, 6.07) is 0. The molecule has 0 aromatic rings. The molecule has 3 N–H and O–H groups in total. The third-order valence-corrected chi connectivity index (χ3v) is 8.97. The monoisotopic (exact) mass is 430 g/mol. The maximum Gasteiger partial charge on any atom is 0.0837 e. The van der Waals surface area contributed by atoms with E-state index in [0.717, 1.165) is 36.3 Å². The van der Waals surface area contributed by atoms with Crippen LogP contribution in [0.2, 0.25) is 0 Å². The zero-order valence-electron chi connectivity index (χ0n) is 20.5. The Morgan fingerprint density at radius 3 is 2.61 bits per heavy atom. The number of hydrogen-bond donors (Lipinski definition) is 3. The third kappa shape index (κ3) is 5.37. The minimum atomic E-state index is -0.648. The molecule has 3 heteroatoms. The van der Waals surface area contributed by atoms with Crippen LogP contribution in [-0.4, -0.2) is 33.1 Å². The van der Waals surface area contributed by atoms with Crippen LogP contribution in [0.1, 0.15) is 92.4 Å². The van der Waals surface area contributed by atoms with Gasteiger partial charge >= 0.3 is 0 Å². The van der Waals surface area contributed by atoms with Gasteiger partial charge in [0.1, 0.15) is 0 Å². The molecule has 0 amide bonds. The first-order valence-electron chi connectivity index (χ1n) is 12.6. The first-order valence-corrected chi connectivity index (χ1v) is 12.6. The fourth-order valence-corrected chi connectivity index (χ4v) is 6.91. The first kappa shape index (κ1) is 24.7. The fraction of sp³-hybridized carbons (Fsp3) is 0.786. The standard InChI is InChI=1S/C28H46O3/c1-18(9-7-15-27(4,5)31)23-13-14-24-21(10-8-16-28(23,24)6)11-12-22-17-25(29)20(3)26(30)19(22)2/h11-12,18,20,23-26,29-31H,2,7-10,13-17H2,1,3-6H3/b21-11+,22-12-/t18-,20+,23+,24-,25+,26+,28+/m0/s1. The Bertz CT molecular complexity index is 712. The Morgan fingerprint density at radius 2 is 1.94 bits per heavy atom. The lowest BCUT2D eigenvalue weighted by Gasteiger charge is -2.44. The van der Waals surface area contributed by atoms with Crippen molar-refractivity contribution in [1.82, 2.24) is 0 Å². The van der Waals surface area contributed by atoms with Crippen molar-refractivity contribution in [1.29, 1.82) is 0 Å². The van der Waals surface area contributed by atoms with E-state index < -0.39 is 17.8 Å². The van der Waals surface area contributed by atoms with Gasteiger partial charge < -0.3 is 15.3 Å². The molecule has 3 nitrogen and oxygen atoms in total. The minimum Gasteiger partial charge on any atom is -0.392 e. The van der Waals surface area contributed by atoms with E-state index in [9.17, 15) is 15.3 Å². The summed E-state index contributed by atoms with van der Waals surface area (Å²) in [6.45, 7) is 14.8. The predicted octanol–water partition coefficient (Wildman–Crippen LogP) is 5.95. The quantitative estimate of drug-likeness (QED) is 0.488. The molecule has 3 aliphatic carbocycles. The van der Waals surface area contributed by atoms with E-state index in [2.05, 4.69) is 32.6 Å². The molecule has 3 rings (SSSR count). The van der Waals surface area contributed by atoms with E-state index in [0.29, 0.717) is 23.7 Å². The molecule has 0 heterocycles. The van der Waals surface area contributed by atoms with Crippen molar-refractivity contribution in [3.05, 3.63) is 35.5 Å². The molecule has 3 saturated carbocycles. The molecule has 3 aliphatic rings. The number of rotatable bonds is 6. The highest BCUT2D eigenvalue weighted by Gasteiger charge is 2.50. The summed E-state index contributed by atoms with van der Waals surface area (Å²) in [5.41, 5.74) is 3.15. The molecule has 0 aliphatic heterocycles. The summed E-state index contributed by atoms with van der Waals surface area (Å²) in [4.78, 5) is 0. The summed E-state index contributed by atoms with van der Waals surface area (Å²) in [6.07, 6.45) is 13.4. The van der Waals surface area contributed by atoms with Crippen LogP contribution < -0.4 is 0 Å². The van der Waals surface area contributed by atoms with Crippen LogP contribution in [0, 0.1) is 29.1 Å². The number of aliphatic hydroxyl groups is 3. The molecule has 7 atom stereocenters. The Hall–Kier alpha value is -0.900. The maximum atomic E-state index is 10.4. The van der Waals surface area contributed by atoms with Gasteiger partial charge in [-0.2, -0.15) is 0 Å². The maximum absolute atomic E-state index is 10.4. The first-order chi connectivity index (χ1) is 14.4. The van der Waals surface area contributed by atoms with E-state index in [1.807, 2.05) is 20.8 Å². The van der Waals surface area contributed by atoms with Crippen LogP contribution in [0.15, 0.2) is 35.5 Å². The van der Waals surface area contributed by atoms with Crippen molar-refractivity contribution < 1.29 is 15.3 Å². The Morgan fingerprint density at radius 1 is 1.23 bits per heavy atom. The molecule has 0 aromatic heterocycles. The fourth-order valence-electron chi connectivity index (χ4n) is 6.91. The van der Waals surface area contributed by atoms with E-state index in [1.165, 1.54) is 32.1 Å². The van der Waals surface area contributed by atoms with Crippen molar-refractivity contribution in [2.75, 3.05) is 0 Å². The van der Waals surface area contributed by atoms with Crippen molar-refractivity contribution in [2.45, 2.75) is 110 Å². The molecule has 0 bridgehead atoms. The van der Waals surface area contributed by atoms with E-state index in [-0.39, 0.29) is 5.92 Å². The van der Waals surface area contributed by atoms with Gasteiger partial charge in [-0.05, 0) is 93.1 Å². The van der Waals surface area contributed by atoms with Gasteiger partial charge in [-0.25, -0.2) is 0 Å². The van der Waals surface area contributed by atoms with E-state index >= 15 is 0 Å². The average molecular weight is 431 g/mol. The Balaban J connectivity index is 1.71. The zero-order chi connectivity index (χ0) is 23.0. The van der Waals surface area contributed by atoms with Gasteiger partial charge in [0.2, 0.25) is 0 Å². The summed E-state index contributed by atoms with van der Waals surface area (Å²) in [7, 11) is 0. The molecule has 3 fully saturated rings. The van der Waals surface area contributed by atoms with Gasteiger partial charge in [-0.1, -0.05) is 57.9 Å². The number of aliphatic hydroxyl groups excluding tert-OH is 2. The molecular weight excluding hydrogens is 384 g/mol. The number of hydrogen-bond acceptors (Lipinski definition) is 3. The minimum absolute atomic E-state index is 0.149. The van der Waals surface area contributed by atoms with Crippen molar-refractivity contribution in [3.8, 4) is 0 Å². The van der Waals surface area contributed by atoms with Gasteiger partial charge in [0.05, 0.1) is 17.8 Å². The summed E-state index contributed by atoms with van der Waals surface area (Å²) < 4.78 is 0. The molecule has 0 radical (unpaired) electrons. The number of allylic oxidation sites excluding steroid dienone is 3. The van der Waals surface area contributed by atoms with Gasteiger partial charge in [0, 0.05) is 5.92 Å². The topological polar surface area (TPSA) is 60.7 Å². The lowest BCUT2D eigenvalue weighted by Crippen LogP contribution is -2.36. The summed E-state index contributed by atoms with van der Waals surface area (Å²) in [5.74, 6) is 1.94. The number of fused-ring (bicyclic) bond motifs is 1. The highest BCUT2D eigenvalue weighted by atomic mass is 16.3.